The number of para-hydroxylation sites is 1. The summed E-state index contributed by atoms with van der Waals surface area (Å²) in [6.07, 6.45) is 8.07. The largest absolute Gasteiger partial charge is 0.371 e. The van der Waals surface area contributed by atoms with Crippen molar-refractivity contribution in [3.63, 3.8) is 0 Å². The number of carbonyl (C=O) groups excluding carboxylic acids is 1. The lowest BCUT2D eigenvalue weighted by Gasteiger charge is -2.41. The third-order valence-corrected chi connectivity index (χ3v) is 6.74. The molecule has 1 aliphatic carbocycles. The van der Waals surface area contributed by atoms with Crippen molar-refractivity contribution in [3.05, 3.63) is 30.3 Å². The standard InChI is InChI=1S/C22H33N3O/c26-22(17-24-12-11-19-6-4-5-7-20(19)16-24)23-14-18-10-13-25(15-18)21-8-2-1-3-9-21/h1-3,8-9,18-20H,4-7,10-17H2,(H,23,26)/t18-,19+,20-/m1/s1. The number of piperidine rings is 1. The molecular formula is C22H33N3O. The third-order valence-electron chi connectivity index (χ3n) is 6.74. The molecule has 2 heterocycles. The number of fused-ring (bicyclic) bond motifs is 1. The van der Waals surface area contributed by atoms with E-state index in [-0.39, 0.29) is 5.91 Å². The maximum absolute atomic E-state index is 12.4. The van der Waals surface area contributed by atoms with Crippen molar-refractivity contribution in [2.45, 2.75) is 38.5 Å². The van der Waals surface area contributed by atoms with Crippen LogP contribution in [0.3, 0.4) is 0 Å². The molecule has 0 radical (unpaired) electrons. The number of likely N-dealkylation sites (tertiary alicyclic amines) is 1. The highest BCUT2D eigenvalue weighted by atomic mass is 16.2. The summed E-state index contributed by atoms with van der Waals surface area (Å²) in [6, 6.07) is 10.6. The fourth-order valence-corrected chi connectivity index (χ4v) is 5.21. The molecule has 4 heteroatoms. The molecule has 1 aromatic carbocycles. The van der Waals surface area contributed by atoms with Crippen LogP contribution in [0.1, 0.15) is 38.5 Å². The maximum atomic E-state index is 12.4. The SMILES string of the molecule is O=C(CN1CC[C@@H]2CCCC[C@@H]2C1)NC[C@H]1CCN(c2ccccc2)C1. The molecule has 26 heavy (non-hydrogen) atoms. The zero-order chi connectivity index (χ0) is 17.8. The van der Waals surface area contributed by atoms with Gasteiger partial charge in [-0.25, -0.2) is 0 Å². The number of benzene rings is 1. The normalized spacial score (nSPS) is 29.4. The van der Waals surface area contributed by atoms with E-state index in [0.717, 1.165) is 44.6 Å². The fourth-order valence-electron chi connectivity index (χ4n) is 5.21. The highest BCUT2D eigenvalue weighted by molar-refractivity contribution is 5.78. The van der Waals surface area contributed by atoms with E-state index in [2.05, 4.69) is 45.4 Å². The van der Waals surface area contributed by atoms with E-state index in [1.807, 2.05) is 0 Å². The molecular weight excluding hydrogens is 322 g/mol. The Morgan fingerprint density at radius 2 is 1.77 bits per heavy atom. The molecule has 2 saturated heterocycles. The van der Waals surface area contributed by atoms with Gasteiger partial charge in [0, 0.05) is 31.9 Å². The number of nitrogens with one attached hydrogen (secondary N) is 1. The molecule has 1 N–H and O–H groups in total. The summed E-state index contributed by atoms with van der Waals surface area (Å²) >= 11 is 0. The molecule has 1 amide bonds. The van der Waals surface area contributed by atoms with Crippen LogP contribution in [0.15, 0.2) is 30.3 Å². The number of carbonyl (C=O) groups is 1. The van der Waals surface area contributed by atoms with Gasteiger partial charge in [-0.3, -0.25) is 9.69 Å². The van der Waals surface area contributed by atoms with Gasteiger partial charge in [-0.05, 0) is 55.7 Å². The zero-order valence-electron chi connectivity index (χ0n) is 15.9. The van der Waals surface area contributed by atoms with Crippen LogP contribution >= 0.6 is 0 Å². The summed E-state index contributed by atoms with van der Waals surface area (Å²) in [4.78, 5) is 17.2. The van der Waals surface area contributed by atoms with Gasteiger partial charge in [-0.1, -0.05) is 37.5 Å². The van der Waals surface area contributed by atoms with Crippen LogP contribution in [0.5, 0.6) is 0 Å². The van der Waals surface area contributed by atoms with Crippen LogP contribution in [-0.2, 0) is 4.79 Å². The first-order chi connectivity index (χ1) is 12.8. The summed E-state index contributed by atoms with van der Waals surface area (Å²) in [5, 5.41) is 3.21. The number of nitrogens with zero attached hydrogens (tertiary/aromatic N) is 2. The average Bonchev–Trinajstić information content (AvgIpc) is 3.16. The number of rotatable bonds is 5. The number of amides is 1. The van der Waals surface area contributed by atoms with Crippen molar-refractivity contribution in [1.82, 2.24) is 10.2 Å². The number of anilines is 1. The van der Waals surface area contributed by atoms with Crippen LogP contribution in [0.25, 0.3) is 0 Å². The second-order valence-electron chi connectivity index (χ2n) is 8.57. The van der Waals surface area contributed by atoms with Crippen molar-refractivity contribution in [2.75, 3.05) is 44.2 Å². The van der Waals surface area contributed by atoms with Crippen molar-refractivity contribution in [2.24, 2.45) is 17.8 Å². The predicted molar refractivity (Wildman–Crippen MR) is 106 cm³/mol. The lowest BCUT2D eigenvalue weighted by Crippen LogP contribution is -2.46. The van der Waals surface area contributed by atoms with Gasteiger partial charge >= 0.3 is 0 Å². The average molecular weight is 356 g/mol. The van der Waals surface area contributed by atoms with E-state index in [1.54, 1.807) is 0 Å². The Balaban J connectivity index is 1.18. The molecule has 0 aromatic heterocycles. The van der Waals surface area contributed by atoms with Gasteiger partial charge in [0.25, 0.3) is 0 Å². The highest BCUT2D eigenvalue weighted by Crippen LogP contribution is 2.35. The Bertz CT molecular complexity index is 590. The first-order valence-electron chi connectivity index (χ1n) is 10.6. The van der Waals surface area contributed by atoms with Gasteiger partial charge in [-0.2, -0.15) is 0 Å². The Labute approximate surface area is 157 Å². The molecule has 0 unspecified atom stereocenters. The van der Waals surface area contributed by atoms with E-state index in [4.69, 9.17) is 0 Å². The van der Waals surface area contributed by atoms with Gasteiger partial charge in [0.2, 0.25) is 5.91 Å². The molecule has 0 spiro atoms. The van der Waals surface area contributed by atoms with Crippen LogP contribution in [0.4, 0.5) is 5.69 Å². The summed E-state index contributed by atoms with van der Waals surface area (Å²) in [5.41, 5.74) is 1.30. The molecule has 4 rings (SSSR count). The second kappa shape index (κ2) is 8.43. The molecule has 1 aromatic rings. The molecule has 1 saturated carbocycles. The summed E-state index contributed by atoms with van der Waals surface area (Å²) in [6.45, 7) is 5.82. The Kier molecular flexibility index (Phi) is 5.78. The van der Waals surface area contributed by atoms with Crippen LogP contribution < -0.4 is 10.2 Å². The third kappa shape index (κ3) is 4.40. The van der Waals surface area contributed by atoms with Crippen molar-refractivity contribution in [3.8, 4) is 0 Å². The summed E-state index contributed by atoms with van der Waals surface area (Å²) in [5.74, 6) is 2.57. The van der Waals surface area contributed by atoms with Gasteiger partial charge in [-0.15, -0.1) is 0 Å². The monoisotopic (exact) mass is 355 g/mol. The lowest BCUT2D eigenvalue weighted by atomic mass is 9.75. The minimum Gasteiger partial charge on any atom is -0.371 e. The minimum atomic E-state index is 0.220. The molecule has 3 atom stereocenters. The fraction of sp³-hybridized carbons (Fsp3) is 0.682. The molecule has 3 aliphatic rings. The van der Waals surface area contributed by atoms with E-state index in [1.165, 1.54) is 44.2 Å². The molecule has 142 valence electrons. The zero-order valence-corrected chi connectivity index (χ0v) is 15.9. The molecule has 2 aliphatic heterocycles. The smallest absolute Gasteiger partial charge is 0.234 e. The van der Waals surface area contributed by atoms with Crippen molar-refractivity contribution < 1.29 is 4.79 Å². The molecule has 0 bridgehead atoms. The number of hydrogen-bond donors (Lipinski definition) is 1. The van der Waals surface area contributed by atoms with Gasteiger partial charge in [0.15, 0.2) is 0 Å². The van der Waals surface area contributed by atoms with E-state index < -0.39 is 0 Å². The maximum Gasteiger partial charge on any atom is 0.234 e. The Morgan fingerprint density at radius 1 is 0.962 bits per heavy atom. The van der Waals surface area contributed by atoms with Gasteiger partial charge < -0.3 is 10.2 Å². The first kappa shape index (κ1) is 17.8. The minimum absolute atomic E-state index is 0.220. The first-order valence-corrected chi connectivity index (χ1v) is 10.6. The van der Waals surface area contributed by atoms with E-state index >= 15 is 0 Å². The molecule has 4 nitrogen and oxygen atoms in total. The molecule has 3 fully saturated rings. The summed E-state index contributed by atoms with van der Waals surface area (Å²) < 4.78 is 0. The van der Waals surface area contributed by atoms with E-state index in [0.29, 0.717) is 12.5 Å². The highest BCUT2D eigenvalue weighted by Gasteiger charge is 2.31. The summed E-state index contributed by atoms with van der Waals surface area (Å²) in [7, 11) is 0. The Morgan fingerprint density at radius 3 is 2.62 bits per heavy atom. The quantitative estimate of drug-likeness (QED) is 0.881. The van der Waals surface area contributed by atoms with Crippen LogP contribution in [0, 0.1) is 17.8 Å². The second-order valence-corrected chi connectivity index (χ2v) is 8.57. The lowest BCUT2D eigenvalue weighted by molar-refractivity contribution is -0.123. The van der Waals surface area contributed by atoms with Crippen molar-refractivity contribution in [1.29, 1.82) is 0 Å². The van der Waals surface area contributed by atoms with Crippen molar-refractivity contribution >= 4 is 11.6 Å². The topological polar surface area (TPSA) is 35.6 Å². The number of hydrogen-bond acceptors (Lipinski definition) is 3. The van der Waals surface area contributed by atoms with Crippen LogP contribution in [-0.4, -0.2) is 50.1 Å². The van der Waals surface area contributed by atoms with Crippen LogP contribution in [0.2, 0.25) is 0 Å². The Hall–Kier alpha value is -1.55. The predicted octanol–water partition coefficient (Wildman–Crippen LogP) is 3.14. The van der Waals surface area contributed by atoms with Gasteiger partial charge in [0.1, 0.15) is 0 Å². The van der Waals surface area contributed by atoms with E-state index in [9.17, 15) is 4.79 Å². The van der Waals surface area contributed by atoms with Gasteiger partial charge in [0.05, 0.1) is 6.54 Å².